The van der Waals surface area contributed by atoms with E-state index in [4.69, 9.17) is 9.16 Å². The number of ether oxygens (including phenoxy) is 1. The Morgan fingerprint density at radius 2 is 2.00 bits per heavy atom. The molecule has 0 saturated carbocycles. The Morgan fingerprint density at radius 3 is 2.48 bits per heavy atom. The van der Waals surface area contributed by atoms with Gasteiger partial charge in [-0.3, -0.25) is 0 Å². The third-order valence-corrected chi connectivity index (χ3v) is 4.11. The lowest BCUT2D eigenvalue weighted by atomic mass is 9.93. The Morgan fingerprint density at radius 1 is 1.38 bits per heavy atom. The molecule has 1 aliphatic rings. The van der Waals surface area contributed by atoms with Crippen LogP contribution in [0.25, 0.3) is 0 Å². The second-order valence-corrected chi connectivity index (χ2v) is 12.1. The summed E-state index contributed by atoms with van der Waals surface area (Å²) in [6, 6.07) is 2.27. The van der Waals surface area contributed by atoms with E-state index in [9.17, 15) is 10.1 Å². The highest BCUT2D eigenvalue weighted by atomic mass is 28.4. The maximum absolute atomic E-state index is 12.1. The van der Waals surface area contributed by atoms with Gasteiger partial charge >= 0.3 is 6.09 Å². The predicted octanol–water partition coefficient (Wildman–Crippen LogP) is 3.38. The molecule has 1 heterocycles. The second-order valence-electron chi connectivity index (χ2n) is 7.61. The highest BCUT2D eigenvalue weighted by molar-refractivity contribution is 6.69. The number of amides is 1. The molecule has 6 heteroatoms. The van der Waals surface area contributed by atoms with E-state index in [-0.39, 0.29) is 12.0 Å². The summed E-state index contributed by atoms with van der Waals surface area (Å²) in [7, 11) is -1.77. The van der Waals surface area contributed by atoms with Crippen LogP contribution in [-0.4, -0.2) is 44.1 Å². The van der Waals surface area contributed by atoms with Gasteiger partial charge in [0.25, 0.3) is 0 Å². The summed E-state index contributed by atoms with van der Waals surface area (Å²) in [6.45, 7) is 13.0. The van der Waals surface area contributed by atoms with Gasteiger partial charge in [0.05, 0.1) is 6.07 Å². The molecule has 2 unspecified atom stereocenters. The van der Waals surface area contributed by atoms with Gasteiger partial charge in [0.15, 0.2) is 8.32 Å². The third kappa shape index (κ3) is 6.49. The van der Waals surface area contributed by atoms with E-state index >= 15 is 0 Å². The fraction of sp³-hybridized carbons (Fsp3) is 0.867. The molecule has 0 radical (unpaired) electrons. The van der Waals surface area contributed by atoms with E-state index < -0.39 is 20.0 Å². The molecule has 0 spiro atoms. The number of nitriles is 1. The van der Waals surface area contributed by atoms with Gasteiger partial charge in [-0.05, 0) is 53.3 Å². The third-order valence-electron chi connectivity index (χ3n) is 3.15. The molecule has 0 bridgehead atoms. The van der Waals surface area contributed by atoms with Gasteiger partial charge in [0.1, 0.15) is 11.7 Å². The predicted molar refractivity (Wildman–Crippen MR) is 84.4 cm³/mol. The number of hydrogen-bond acceptors (Lipinski definition) is 4. The number of piperidine rings is 1. The molecule has 0 N–H and O–H groups in total. The monoisotopic (exact) mass is 312 g/mol. The summed E-state index contributed by atoms with van der Waals surface area (Å²) >= 11 is 0. The van der Waals surface area contributed by atoms with Gasteiger partial charge in [0.2, 0.25) is 0 Å². The van der Waals surface area contributed by atoms with Gasteiger partial charge in [-0.2, -0.15) is 5.26 Å². The molecular weight excluding hydrogens is 284 g/mol. The fourth-order valence-corrected chi connectivity index (χ4v) is 3.37. The van der Waals surface area contributed by atoms with E-state index in [2.05, 4.69) is 25.7 Å². The quantitative estimate of drug-likeness (QED) is 0.749. The van der Waals surface area contributed by atoms with Crippen molar-refractivity contribution >= 4 is 14.4 Å². The smallest absolute Gasteiger partial charge is 0.410 e. The van der Waals surface area contributed by atoms with Crippen LogP contribution in [0, 0.1) is 17.2 Å². The Balaban J connectivity index is 2.67. The summed E-state index contributed by atoms with van der Waals surface area (Å²) in [5, 5.41) is 9.37. The summed E-state index contributed by atoms with van der Waals surface area (Å²) in [4.78, 5) is 13.8. The average molecular weight is 312 g/mol. The topological polar surface area (TPSA) is 62.6 Å². The molecule has 0 aromatic heterocycles. The van der Waals surface area contributed by atoms with Crippen LogP contribution in [0.5, 0.6) is 0 Å². The number of nitrogens with zero attached hydrogens (tertiary/aromatic N) is 2. The van der Waals surface area contributed by atoms with E-state index in [1.54, 1.807) is 4.90 Å². The van der Waals surface area contributed by atoms with Crippen LogP contribution in [0.4, 0.5) is 4.79 Å². The summed E-state index contributed by atoms with van der Waals surface area (Å²) < 4.78 is 11.4. The number of likely N-dealkylation sites (tertiary alicyclic amines) is 1. The Hall–Kier alpha value is -1.06. The number of rotatable bonds is 3. The zero-order valence-electron chi connectivity index (χ0n) is 14.1. The molecule has 1 saturated heterocycles. The van der Waals surface area contributed by atoms with Crippen LogP contribution in [0.2, 0.25) is 19.6 Å². The molecule has 0 aliphatic carbocycles. The highest BCUT2D eigenvalue weighted by Gasteiger charge is 2.34. The van der Waals surface area contributed by atoms with Crippen LogP contribution < -0.4 is 0 Å². The minimum Gasteiger partial charge on any atom is -0.444 e. The van der Waals surface area contributed by atoms with E-state index in [1.807, 2.05) is 20.8 Å². The molecule has 1 rings (SSSR count). The first kappa shape index (κ1) is 18.0. The lowest BCUT2D eigenvalue weighted by Gasteiger charge is -2.37. The molecule has 1 fully saturated rings. The average Bonchev–Trinajstić information content (AvgIpc) is 2.33. The van der Waals surface area contributed by atoms with Gasteiger partial charge in [0, 0.05) is 19.0 Å². The van der Waals surface area contributed by atoms with Crippen molar-refractivity contribution in [2.24, 2.45) is 5.92 Å². The minimum absolute atomic E-state index is 0.0722. The van der Waals surface area contributed by atoms with Gasteiger partial charge < -0.3 is 14.1 Å². The molecule has 1 aliphatic heterocycles. The first-order valence-electron chi connectivity index (χ1n) is 7.57. The van der Waals surface area contributed by atoms with Crippen molar-refractivity contribution in [1.29, 1.82) is 5.26 Å². The van der Waals surface area contributed by atoms with Gasteiger partial charge in [-0.25, -0.2) is 4.79 Å². The molecule has 0 aromatic carbocycles. The van der Waals surface area contributed by atoms with Crippen LogP contribution in [0.1, 0.15) is 33.6 Å². The largest absolute Gasteiger partial charge is 0.444 e. The normalized spacial score (nSPS) is 21.6. The standard InChI is InChI=1S/C15H28N2O3Si/c1-15(2,3)19-14(18)17-9-7-8-12(11-17)13(10-16)20-21(4,5)6/h12-13H,7-9,11H2,1-6H3. The molecule has 5 nitrogen and oxygen atoms in total. The SMILES string of the molecule is CC(C)(C)OC(=O)N1CCCC(C(C#N)O[Si](C)(C)C)C1. The van der Waals surface area contributed by atoms with Crippen molar-refractivity contribution in [1.82, 2.24) is 4.90 Å². The number of carbonyl (C=O) groups is 1. The van der Waals surface area contributed by atoms with Crippen LogP contribution in [0.15, 0.2) is 0 Å². The van der Waals surface area contributed by atoms with Crippen molar-refractivity contribution in [3.63, 3.8) is 0 Å². The number of hydrogen-bond donors (Lipinski definition) is 0. The zero-order chi connectivity index (χ0) is 16.3. The molecular formula is C15H28N2O3Si. The highest BCUT2D eigenvalue weighted by Crippen LogP contribution is 2.25. The van der Waals surface area contributed by atoms with Crippen LogP contribution in [0.3, 0.4) is 0 Å². The van der Waals surface area contributed by atoms with Crippen molar-refractivity contribution < 1.29 is 14.0 Å². The summed E-state index contributed by atoms with van der Waals surface area (Å²) in [5.74, 6) is 0.0722. The summed E-state index contributed by atoms with van der Waals surface area (Å²) in [5.41, 5.74) is -0.493. The Kier molecular flexibility index (Phi) is 5.82. The first-order valence-corrected chi connectivity index (χ1v) is 11.0. The van der Waals surface area contributed by atoms with Gasteiger partial charge in [-0.15, -0.1) is 0 Å². The molecule has 21 heavy (non-hydrogen) atoms. The van der Waals surface area contributed by atoms with Crippen molar-refractivity contribution in [2.75, 3.05) is 13.1 Å². The lowest BCUT2D eigenvalue weighted by molar-refractivity contribution is 0.0102. The maximum atomic E-state index is 12.1. The van der Waals surface area contributed by atoms with Crippen molar-refractivity contribution in [3.05, 3.63) is 0 Å². The van der Waals surface area contributed by atoms with Crippen LogP contribution in [-0.2, 0) is 9.16 Å². The van der Waals surface area contributed by atoms with E-state index in [0.717, 1.165) is 12.8 Å². The fourth-order valence-electron chi connectivity index (χ4n) is 2.36. The van der Waals surface area contributed by atoms with Crippen molar-refractivity contribution in [2.45, 2.75) is 65.0 Å². The summed E-state index contributed by atoms with van der Waals surface area (Å²) in [6.07, 6.45) is 1.08. The first-order chi connectivity index (χ1) is 9.52. The molecule has 2 atom stereocenters. The molecule has 1 amide bonds. The van der Waals surface area contributed by atoms with Crippen LogP contribution >= 0.6 is 0 Å². The zero-order valence-corrected chi connectivity index (χ0v) is 15.1. The minimum atomic E-state index is -1.77. The van der Waals surface area contributed by atoms with Crippen molar-refractivity contribution in [3.8, 4) is 6.07 Å². The second kappa shape index (κ2) is 6.80. The van der Waals surface area contributed by atoms with E-state index in [0.29, 0.717) is 13.1 Å². The van der Waals surface area contributed by atoms with E-state index in [1.165, 1.54) is 0 Å². The Labute approximate surface area is 129 Å². The van der Waals surface area contributed by atoms with Gasteiger partial charge in [-0.1, -0.05) is 0 Å². The molecule has 0 aromatic rings. The molecule has 120 valence electrons. The maximum Gasteiger partial charge on any atom is 0.410 e. The Bertz CT molecular complexity index is 407. The lowest BCUT2D eigenvalue weighted by Crippen LogP contribution is -2.47. The number of carbonyl (C=O) groups excluding carboxylic acids is 1.